The Morgan fingerprint density at radius 2 is 2.06 bits per heavy atom. The lowest BCUT2D eigenvalue weighted by Crippen LogP contribution is -2.43. The van der Waals surface area contributed by atoms with E-state index in [4.69, 9.17) is 0 Å². The molecule has 1 aliphatic heterocycles. The maximum Gasteiger partial charge on any atom is 0.0220 e. The van der Waals surface area contributed by atoms with E-state index in [1.165, 1.54) is 45.4 Å². The molecule has 0 aromatic carbocycles. The van der Waals surface area contributed by atoms with E-state index >= 15 is 0 Å². The van der Waals surface area contributed by atoms with Crippen LogP contribution in [0.4, 0.5) is 0 Å². The van der Waals surface area contributed by atoms with Crippen LogP contribution in [0.2, 0.25) is 0 Å². The number of hydrogen-bond donors (Lipinski definition) is 1. The number of likely N-dealkylation sites (N-methyl/N-ethyl adjacent to an activating group) is 1. The van der Waals surface area contributed by atoms with E-state index < -0.39 is 0 Å². The fourth-order valence-electron chi connectivity index (χ4n) is 2.57. The van der Waals surface area contributed by atoms with Gasteiger partial charge in [0.2, 0.25) is 0 Å². The molecule has 2 unspecified atom stereocenters. The smallest absolute Gasteiger partial charge is 0.0220 e. The topological polar surface area (TPSA) is 18.5 Å². The van der Waals surface area contributed by atoms with Crippen molar-refractivity contribution in [3.8, 4) is 0 Å². The molecular weight excluding hydrogens is 210 g/mol. The van der Waals surface area contributed by atoms with E-state index in [-0.39, 0.29) is 0 Å². The molecule has 102 valence electrons. The highest BCUT2D eigenvalue weighted by molar-refractivity contribution is 4.78. The van der Waals surface area contributed by atoms with Crippen molar-refractivity contribution in [2.75, 3.05) is 39.8 Å². The van der Waals surface area contributed by atoms with Gasteiger partial charge in [0.15, 0.2) is 0 Å². The van der Waals surface area contributed by atoms with Gasteiger partial charge >= 0.3 is 0 Å². The summed E-state index contributed by atoms with van der Waals surface area (Å²) in [7, 11) is 2.25. The van der Waals surface area contributed by atoms with E-state index in [1.54, 1.807) is 0 Å². The summed E-state index contributed by atoms with van der Waals surface area (Å²) in [5.41, 5.74) is 0. The third-order valence-electron chi connectivity index (χ3n) is 4.00. The van der Waals surface area contributed by atoms with Crippen LogP contribution in [0, 0.1) is 0 Å². The minimum atomic E-state index is 0.657. The molecule has 0 amide bonds. The van der Waals surface area contributed by atoms with Crippen LogP contribution in [0.25, 0.3) is 0 Å². The zero-order valence-electron chi connectivity index (χ0n) is 12.2. The van der Waals surface area contributed by atoms with Crippen molar-refractivity contribution in [1.29, 1.82) is 0 Å². The minimum Gasteiger partial charge on any atom is -0.313 e. The Morgan fingerprint density at radius 1 is 1.29 bits per heavy atom. The first-order chi connectivity index (χ1) is 8.17. The Kier molecular flexibility index (Phi) is 7.09. The molecule has 1 heterocycles. The van der Waals surface area contributed by atoms with Gasteiger partial charge in [0, 0.05) is 31.7 Å². The molecule has 0 spiro atoms. The summed E-state index contributed by atoms with van der Waals surface area (Å²) < 4.78 is 0. The van der Waals surface area contributed by atoms with Crippen LogP contribution in [-0.4, -0.2) is 61.7 Å². The van der Waals surface area contributed by atoms with Crippen molar-refractivity contribution in [3.05, 3.63) is 0 Å². The quantitative estimate of drug-likeness (QED) is 0.765. The van der Waals surface area contributed by atoms with Crippen LogP contribution < -0.4 is 5.32 Å². The Labute approximate surface area is 108 Å². The van der Waals surface area contributed by atoms with E-state index in [1.807, 2.05) is 0 Å². The Morgan fingerprint density at radius 3 is 2.71 bits per heavy atom. The molecule has 0 aromatic rings. The minimum absolute atomic E-state index is 0.657. The van der Waals surface area contributed by atoms with Gasteiger partial charge in [0.05, 0.1) is 0 Å². The zero-order valence-corrected chi connectivity index (χ0v) is 12.2. The molecule has 0 bridgehead atoms. The SMILES string of the molecule is CCC(C)NCCN1CCCN(C)CC1CC. The van der Waals surface area contributed by atoms with Crippen molar-refractivity contribution in [2.45, 2.75) is 52.1 Å². The predicted molar refractivity (Wildman–Crippen MR) is 75.5 cm³/mol. The number of rotatable bonds is 6. The number of nitrogens with one attached hydrogen (secondary N) is 1. The fourth-order valence-corrected chi connectivity index (χ4v) is 2.57. The Hall–Kier alpha value is -0.120. The Bertz CT molecular complexity index is 196. The summed E-state index contributed by atoms with van der Waals surface area (Å²) >= 11 is 0. The average Bonchev–Trinajstić information content (AvgIpc) is 2.50. The highest BCUT2D eigenvalue weighted by Crippen LogP contribution is 2.11. The van der Waals surface area contributed by atoms with Crippen molar-refractivity contribution in [3.63, 3.8) is 0 Å². The first kappa shape index (κ1) is 14.9. The number of nitrogens with zero attached hydrogens (tertiary/aromatic N) is 2. The van der Waals surface area contributed by atoms with Crippen molar-refractivity contribution in [1.82, 2.24) is 15.1 Å². The normalized spacial score (nSPS) is 25.8. The molecule has 0 aromatic heterocycles. The summed E-state index contributed by atoms with van der Waals surface area (Å²) in [5.74, 6) is 0. The maximum atomic E-state index is 3.60. The maximum absolute atomic E-state index is 3.60. The van der Waals surface area contributed by atoms with E-state index in [2.05, 4.69) is 42.9 Å². The van der Waals surface area contributed by atoms with Gasteiger partial charge in [-0.1, -0.05) is 13.8 Å². The van der Waals surface area contributed by atoms with Crippen molar-refractivity contribution in [2.24, 2.45) is 0 Å². The van der Waals surface area contributed by atoms with Gasteiger partial charge in [0.25, 0.3) is 0 Å². The first-order valence-electron chi connectivity index (χ1n) is 7.33. The van der Waals surface area contributed by atoms with Gasteiger partial charge in [-0.05, 0) is 46.3 Å². The third-order valence-corrected chi connectivity index (χ3v) is 4.00. The average molecular weight is 241 g/mol. The van der Waals surface area contributed by atoms with E-state index in [0.717, 1.165) is 12.6 Å². The summed E-state index contributed by atoms with van der Waals surface area (Å²) in [6.45, 7) is 12.9. The molecule has 0 radical (unpaired) electrons. The fraction of sp³-hybridized carbons (Fsp3) is 1.00. The predicted octanol–water partition coefficient (Wildman–Crippen LogP) is 1.79. The van der Waals surface area contributed by atoms with Crippen LogP contribution >= 0.6 is 0 Å². The second kappa shape index (κ2) is 8.06. The monoisotopic (exact) mass is 241 g/mol. The van der Waals surface area contributed by atoms with Crippen LogP contribution in [0.1, 0.15) is 40.0 Å². The lowest BCUT2D eigenvalue weighted by Gasteiger charge is -2.30. The molecule has 1 fully saturated rings. The first-order valence-corrected chi connectivity index (χ1v) is 7.33. The van der Waals surface area contributed by atoms with Crippen molar-refractivity contribution < 1.29 is 0 Å². The molecule has 17 heavy (non-hydrogen) atoms. The van der Waals surface area contributed by atoms with E-state index in [0.29, 0.717) is 6.04 Å². The zero-order chi connectivity index (χ0) is 12.7. The summed E-state index contributed by atoms with van der Waals surface area (Å²) in [5, 5.41) is 3.60. The summed E-state index contributed by atoms with van der Waals surface area (Å²) in [4.78, 5) is 5.16. The molecule has 3 nitrogen and oxygen atoms in total. The van der Waals surface area contributed by atoms with Crippen LogP contribution in [0.3, 0.4) is 0 Å². The number of hydrogen-bond acceptors (Lipinski definition) is 3. The standard InChI is InChI=1S/C14H31N3/c1-5-13(3)15-8-11-17-10-7-9-16(4)12-14(17)6-2/h13-15H,5-12H2,1-4H3. The molecule has 1 aliphatic rings. The third kappa shape index (κ3) is 5.36. The van der Waals surface area contributed by atoms with Gasteiger partial charge in [0.1, 0.15) is 0 Å². The van der Waals surface area contributed by atoms with Gasteiger partial charge in [-0.2, -0.15) is 0 Å². The Balaban J connectivity index is 2.33. The van der Waals surface area contributed by atoms with E-state index in [9.17, 15) is 0 Å². The highest BCUT2D eigenvalue weighted by atomic mass is 15.2. The molecular formula is C14H31N3. The van der Waals surface area contributed by atoms with Crippen LogP contribution in [0.5, 0.6) is 0 Å². The molecule has 2 atom stereocenters. The molecule has 0 saturated carbocycles. The molecule has 1 N–H and O–H groups in total. The summed E-state index contributed by atoms with van der Waals surface area (Å²) in [6, 6.07) is 1.41. The van der Waals surface area contributed by atoms with Crippen LogP contribution in [-0.2, 0) is 0 Å². The summed E-state index contributed by atoms with van der Waals surface area (Å²) in [6.07, 6.45) is 3.81. The van der Waals surface area contributed by atoms with Gasteiger partial charge in [-0.3, -0.25) is 4.90 Å². The lowest BCUT2D eigenvalue weighted by molar-refractivity contribution is 0.182. The molecule has 3 heteroatoms. The van der Waals surface area contributed by atoms with Gasteiger partial charge in [-0.25, -0.2) is 0 Å². The molecule has 1 saturated heterocycles. The van der Waals surface area contributed by atoms with Crippen LogP contribution in [0.15, 0.2) is 0 Å². The largest absolute Gasteiger partial charge is 0.313 e. The van der Waals surface area contributed by atoms with Crippen molar-refractivity contribution >= 4 is 0 Å². The second-order valence-corrected chi connectivity index (χ2v) is 5.48. The second-order valence-electron chi connectivity index (χ2n) is 5.48. The van der Waals surface area contributed by atoms with Gasteiger partial charge < -0.3 is 10.2 Å². The molecule has 1 rings (SSSR count). The van der Waals surface area contributed by atoms with Gasteiger partial charge in [-0.15, -0.1) is 0 Å². The molecule has 0 aliphatic carbocycles. The highest BCUT2D eigenvalue weighted by Gasteiger charge is 2.21. The lowest BCUT2D eigenvalue weighted by atomic mass is 10.2.